The number of allylic oxidation sites excluding steroid dienone is 2. The minimum absolute atomic E-state index is 0.0433. The average Bonchev–Trinajstić information content (AvgIpc) is 3.99. The quantitative estimate of drug-likeness (QED) is 0.267. The number of carbonyl (C=O) groups excluding carboxylic acids is 2. The highest BCUT2D eigenvalue weighted by atomic mass is 16.5. The number of nitrogens with one attached hydrogen (secondary N) is 2. The lowest BCUT2D eigenvalue weighted by Crippen LogP contribution is -2.53. The molecule has 4 heterocycles. The molecule has 8 aliphatic carbocycles. The number of hydrogen-bond acceptors (Lipinski definition) is 6. The number of ether oxygens (including phenoxy) is 2. The van der Waals surface area contributed by atoms with Crippen molar-refractivity contribution < 1.29 is 19.1 Å². The molecule has 7 nitrogen and oxygen atoms in total. The fraction of sp³-hybridized carbons (Fsp3) is 0.905. The largest absolute Gasteiger partial charge is 0.369 e. The van der Waals surface area contributed by atoms with Crippen molar-refractivity contribution in [1.29, 1.82) is 0 Å². The molecule has 4 aliphatic heterocycles. The molecule has 12 aliphatic rings. The summed E-state index contributed by atoms with van der Waals surface area (Å²) in [5, 5.41) is 7.04. The molecule has 0 aromatic rings. The minimum atomic E-state index is -0.0433. The van der Waals surface area contributed by atoms with Crippen molar-refractivity contribution in [2.24, 2.45) is 87.8 Å². The van der Waals surface area contributed by atoms with Crippen molar-refractivity contribution in [2.75, 3.05) is 26.2 Å². The van der Waals surface area contributed by atoms with E-state index in [1.807, 2.05) is 5.57 Å². The van der Waals surface area contributed by atoms with Crippen LogP contribution >= 0.6 is 0 Å². The second kappa shape index (κ2) is 19.2. The van der Waals surface area contributed by atoms with Crippen molar-refractivity contribution >= 4 is 11.7 Å². The van der Waals surface area contributed by atoms with Gasteiger partial charge in [0.15, 0.2) is 0 Å². The second-order valence-corrected chi connectivity index (χ2v) is 28.6. The van der Waals surface area contributed by atoms with E-state index in [0.29, 0.717) is 71.0 Å². The summed E-state index contributed by atoms with van der Waals surface area (Å²) in [6.45, 7) is 28.5. The van der Waals surface area contributed by atoms with Gasteiger partial charge < -0.3 is 20.1 Å². The maximum atomic E-state index is 12.3. The summed E-state index contributed by atoms with van der Waals surface area (Å²) in [4.78, 5) is 27.1. The summed E-state index contributed by atoms with van der Waals surface area (Å²) in [6.07, 6.45) is 27.7. The van der Waals surface area contributed by atoms with Crippen LogP contribution in [0.4, 0.5) is 0 Å². The van der Waals surface area contributed by atoms with Crippen LogP contribution in [0.25, 0.3) is 0 Å². The summed E-state index contributed by atoms with van der Waals surface area (Å²) in [6, 6.07) is 1.04. The number of Topliss-reactive ketones (excluding diaryl/α,β-unsaturated/α-hetero) is 1. The van der Waals surface area contributed by atoms with Crippen LogP contribution < -0.4 is 10.6 Å². The fourth-order valence-electron chi connectivity index (χ4n) is 20.9. The van der Waals surface area contributed by atoms with Crippen LogP contribution in [0, 0.1) is 87.8 Å². The van der Waals surface area contributed by atoms with Gasteiger partial charge in [-0.25, -0.2) is 0 Å². The van der Waals surface area contributed by atoms with Crippen LogP contribution in [0.3, 0.4) is 0 Å². The molecule has 0 unspecified atom stereocenters. The molecule has 4 saturated heterocycles. The molecule has 6 saturated carbocycles. The molecular weight excluding hydrogens is 863 g/mol. The van der Waals surface area contributed by atoms with Crippen LogP contribution in [-0.2, 0) is 19.1 Å². The van der Waals surface area contributed by atoms with Crippen molar-refractivity contribution in [2.45, 2.75) is 246 Å². The molecule has 10 fully saturated rings. The van der Waals surface area contributed by atoms with E-state index >= 15 is 0 Å². The zero-order chi connectivity index (χ0) is 49.1. The van der Waals surface area contributed by atoms with Crippen molar-refractivity contribution in [3.63, 3.8) is 0 Å². The number of carbonyl (C=O) groups is 2. The molecule has 12 rings (SSSR count). The molecule has 392 valence electrons. The van der Waals surface area contributed by atoms with Crippen molar-refractivity contribution in [3.05, 3.63) is 22.3 Å². The first-order valence-corrected chi connectivity index (χ1v) is 30.4. The molecule has 21 atom stereocenters. The lowest BCUT2D eigenvalue weighted by Gasteiger charge is -2.54. The third kappa shape index (κ3) is 8.55. The zero-order valence-electron chi connectivity index (χ0n) is 46.3. The van der Waals surface area contributed by atoms with Gasteiger partial charge in [0.2, 0.25) is 5.91 Å². The van der Waals surface area contributed by atoms with E-state index in [1.54, 1.807) is 16.7 Å². The molecule has 2 N–H and O–H groups in total. The smallest absolute Gasteiger partial charge is 0.220 e. The first-order valence-electron chi connectivity index (χ1n) is 30.4. The molecule has 0 bridgehead atoms. The Bertz CT molecular complexity index is 2050. The highest BCUT2D eigenvalue weighted by Crippen LogP contribution is 2.67. The Morgan fingerprint density at radius 1 is 0.700 bits per heavy atom. The lowest BCUT2D eigenvalue weighted by atomic mass is 9.51. The van der Waals surface area contributed by atoms with E-state index in [9.17, 15) is 9.59 Å². The summed E-state index contributed by atoms with van der Waals surface area (Å²) in [5.41, 5.74) is 8.11. The molecule has 0 aromatic carbocycles. The lowest BCUT2D eigenvalue weighted by molar-refractivity contribution is -0.130. The Morgan fingerprint density at radius 2 is 1.31 bits per heavy atom. The maximum absolute atomic E-state index is 12.3. The van der Waals surface area contributed by atoms with E-state index in [2.05, 4.69) is 84.8 Å². The van der Waals surface area contributed by atoms with Crippen LogP contribution in [0.15, 0.2) is 22.3 Å². The Hall–Kier alpha value is -1.54. The fourth-order valence-corrected chi connectivity index (χ4v) is 20.9. The van der Waals surface area contributed by atoms with Gasteiger partial charge in [0.1, 0.15) is 5.78 Å². The van der Waals surface area contributed by atoms with Crippen molar-refractivity contribution in [1.82, 2.24) is 15.5 Å². The van der Waals surface area contributed by atoms with Crippen LogP contribution in [0.5, 0.6) is 0 Å². The van der Waals surface area contributed by atoms with Gasteiger partial charge >= 0.3 is 0 Å². The van der Waals surface area contributed by atoms with Gasteiger partial charge in [0.05, 0.1) is 23.4 Å². The van der Waals surface area contributed by atoms with E-state index in [4.69, 9.17) is 9.47 Å². The van der Waals surface area contributed by atoms with Crippen LogP contribution in [0.2, 0.25) is 0 Å². The number of likely N-dealkylation sites (tertiary alicyclic amines) is 1. The van der Waals surface area contributed by atoms with Gasteiger partial charge in [-0.05, 0) is 212 Å². The maximum Gasteiger partial charge on any atom is 0.220 e. The Kier molecular flexibility index (Phi) is 13.9. The Morgan fingerprint density at radius 3 is 1.99 bits per heavy atom. The van der Waals surface area contributed by atoms with Gasteiger partial charge in [-0.15, -0.1) is 0 Å². The molecule has 0 aromatic heterocycles. The number of nitrogens with zero attached hydrogens (tertiary/aromatic N) is 1. The third-order valence-corrected chi connectivity index (χ3v) is 24.8. The standard InChI is InChI=1S/C34H54N2O3.C29H47NO/c1-6-7-31(38)35-14-15-36-20-21(2)16-30-32(36)23(4)34(39-30)13-11-26-27-9-8-24-17-25(37)10-12-33(24,5)29(27)18-28(26)22(3)19-34;1-17-8-10-28(5)21(12-17)6-7-23-22-9-11-29(15-19(3)24(22)14-25(23)28)20(4)27-26(31-29)13-18(2)16-30-27/h21,23-24,26-27,29-30,32H,6-20H2,1-5H3,(H,35,38);17-18,20-23,25-27,30H,6-16H2,1-5H3/t21-,23+,24+,26-,27-,29-,30+,32-,33-,34-;17-,18-,20+,21+,22-,23-,25-,26+,27-,28-,29-/m00/s1. The number of amides is 1. The predicted octanol–water partition coefficient (Wildman–Crippen LogP) is 13.1. The summed E-state index contributed by atoms with van der Waals surface area (Å²) < 4.78 is 14.3. The van der Waals surface area contributed by atoms with E-state index in [-0.39, 0.29) is 17.1 Å². The number of fused-ring (bicyclic) bond motifs is 12. The van der Waals surface area contributed by atoms with Crippen LogP contribution in [-0.4, -0.2) is 78.3 Å². The highest BCUT2D eigenvalue weighted by molar-refractivity contribution is 5.79. The SMILES string of the molecule is CC1=C2C[C@H]3[C@@H](CC[C@@H]4C[C@@H](C)CC[C@@]43C)[C@@H]2CC[C@@]2(C1)O[C@@H]1C[C@H](C)CN[C@H]1[C@H]2C.CCCC(=O)NCCN1C[C@@H](C)C[C@H]2O[C@]3(CC[C@@H]4C(=C(C)C3)C[C@H]3[C@H]4CC[C@@H]4CC(=O)CC[C@@]43C)[C@H](C)[C@@H]21. The summed E-state index contributed by atoms with van der Waals surface area (Å²) >= 11 is 0. The second-order valence-electron chi connectivity index (χ2n) is 28.6. The van der Waals surface area contributed by atoms with Crippen molar-refractivity contribution in [3.8, 4) is 0 Å². The molecule has 0 radical (unpaired) electrons. The predicted molar refractivity (Wildman–Crippen MR) is 283 cm³/mol. The topological polar surface area (TPSA) is 79.9 Å². The van der Waals surface area contributed by atoms with Crippen LogP contribution in [0.1, 0.15) is 210 Å². The minimum Gasteiger partial charge on any atom is -0.369 e. The molecule has 7 heteroatoms. The normalized spacial score (nSPS) is 50.7. The Balaban J connectivity index is 0.000000156. The van der Waals surface area contributed by atoms with E-state index in [0.717, 1.165) is 111 Å². The van der Waals surface area contributed by atoms with E-state index < -0.39 is 0 Å². The Labute approximate surface area is 426 Å². The zero-order valence-corrected chi connectivity index (χ0v) is 46.3. The van der Waals surface area contributed by atoms with Gasteiger partial charge in [0, 0.05) is 62.8 Å². The number of ketones is 1. The third-order valence-electron chi connectivity index (χ3n) is 24.8. The van der Waals surface area contributed by atoms with Gasteiger partial charge in [-0.3, -0.25) is 14.5 Å². The number of rotatable bonds is 5. The summed E-state index contributed by atoms with van der Waals surface area (Å²) in [5.74, 6) is 10.9. The molecule has 70 heavy (non-hydrogen) atoms. The molecular formula is C63H101N3O4. The first-order chi connectivity index (χ1) is 33.5. The molecule has 2 spiro atoms. The van der Waals surface area contributed by atoms with Gasteiger partial charge in [-0.2, -0.15) is 0 Å². The highest BCUT2D eigenvalue weighted by Gasteiger charge is 2.62. The number of hydrogen-bond donors (Lipinski definition) is 2. The summed E-state index contributed by atoms with van der Waals surface area (Å²) in [7, 11) is 0. The first kappa shape index (κ1) is 50.6. The monoisotopic (exact) mass is 964 g/mol. The van der Waals surface area contributed by atoms with E-state index in [1.165, 1.54) is 103 Å². The van der Waals surface area contributed by atoms with Gasteiger partial charge in [-0.1, -0.05) is 84.1 Å². The number of piperidine rings is 2. The average molecular weight is 965 g/mol. The molecule has 1 amide bonds. The van der Waals surface area contributed by atoms with Gasteiger partial charge in [0.25, 0.3) is 0 Å².